The van der Waals surface area contributed by atoms with Crippen LogP contribution in [0.3, 0.4) is 0 Å². The number of rotatable bonds is 5. The van der Waals surface area contributed by atoms with Crippen molar-refractivity contribution in [2.45, 2.75) is 18.7 Å². The fourth-order valence-electron chi connectivity index (χ4n) is 2.48. The van der Waals surface area contributed by atoms with E-state index in [4.69, 9.17) is 5.11 Å². The standard InChI is InChI=1S/C16H15N5O4S/c1-10-6-7-12(16(22)23)8-15(10)26(24,25)18-13-4-3-5-14(11(13)2)21-9-17-19-20-21/h3-9,18H,1-2H3,(H,22,23). The maximum atomic E-state index is 12.8. The van der Waals surface area contributed by atoms with Gasteiger partial charge in [-0.2, -0.15) is 0 Å². The second kappa shape index (κ2) is 6.56. The molecule has 0 saturated carbocycles. The smallest absolute Gasteiger partial charge is 0.335 e. The molecule has 9 nitrogen and oxygen atoms in total. The molecule has 0 unspecified atom stereocenters. The average molecular weight is 373 g/mol. The molecule has 0 bridgehead atoms. The predicted octanol–water partition coefficient (Wildman–Crippen LogP) is 1.78. The molecule has 0 aliphatic heterocycles. The van der Waals surface area contributed by atoms with E-state index in [2.05, 4.69) is 20.2 Å². The van der Waals surface area contributed by atoms with Crippen LogP contribution in [0.1, 0.15) is 21.5 Å². The van der Waals surface area contributed by atoms with Crippen LogP contribution in [0.5, 0.6) is 0 Å². The van der Waals surface area contributed by atoms with Gasteiger partial charge in [-0.15, -0.1) is 5.10 Å². The van der Waals surface area contributed by atoms with Crippen LogP contribution in [0.25, 0.3) is 5.69 Å². The summed E-state index contributed by atoms with van der Waals surface area (Å²) in [4.78, 5) is 11.1. The molecule has 0 aliphatic rings. The van der Waals surface area contributed by atoms with Crippen molar-refractivity contribution in [1.29, 1.82) is 0 Å². The molecule has 10 heteroatoms. The van der Waals surface area contributed by atoms with E-state index in [1.165, 1.54) is 23.1 Å². The first-order chi connectivity index (χ1) is 12.3. The lowest BCUT2D eigenvalue weighted by atomic mass is 10.1. The normalized spacial score (nSPS) is 11.3. The summed E-state index contributed by atoms with van der Waals surface area (Å²) in [6.07, 6.45) is 1.40. The van der Waals surface area contributed by atoms with Crippen molar-refractivity contribution in [3.8, 4) is 5.69 Å². The molecule has 0 aliphatic carbocycles. The highest BCUT2D eigenvalue weighted by Gasteiger charge is 2.20. The minimum atomic E-state index is -3.98. The van der Waals surface area contributed by atoms with Crippen LogP contribution in [0.4, 0.5) is 5.69 Å². The topological polar surface area (TPSA) is 127 Å². The molecule has 134 valence electrons. The number of anilines is 1. The molecule has 3 aromatic rings. The van der Waals surface area contributed by atoms with Gasteiger partial charge < -0.3 is 5.11 Å². The van der Waals surface area contributed by atoms with Crippen molar-refractivity contribution < 1.29 is 18.3 Å². The number of nitrogens with zero attached hydrogens (tertiary/aromatic N) is 4. The zero-order chi connectivity index (χ0) is 18.9. The Balaban J connectivity index is 2.03. The Morgan fingerprint density at radius 1 is 1.19 bits per heavy atom. The monoisotopic (exact) mass is 373 g/mol. The first kappa shape index (κ1) is 17.5. The maximum absolute atomic E-state index is 12.8. The number of aryl methyl sites for hydroxylation is 1. The number of carbonyl (C=O) groups is 1. The fourth-order valence-corrected chi connectivity index (χ4v) is 3.87. The molecular formula is C16H15N5O4S. The van der Waals surface area contributed by atoms with Crippen LogP contribution in [0.2, 0.25) is 0 Å². The number of hydrogen-bond donors (Lipinski definition) is 2. The van der Waals surface area contributed by atoms with E-state index in [9.17, 15) is 13.2 Å². The summed E-state index contributed by atoms with van der Waals surface area (Å²) in [6.45, 7) is 3.33. The Bertz CT molecular complexity index is 1080. The number of nitrogens with one attached hydrogen (secondary N) is 1. The quantitative estimate of drug-likeness (QED) is 0.698. The van der Waals surface area contributed by atoms with Crippen LogP contribution in [0, 0.1) is 13.8 Å². The first-order valence-electron chi connectivity index (χ1n) is 7.49. The second-order valence-corrected chi connectivity index (χ2v) is 7.25. The van der Waals surface area contributed by atoms with Crippen LogP contribution in [-0.2, 0) is 10.0 Å². The molecule has 0 spiro atoms. The van der Waals surface area contributed by atoms with Crippen LogP contribution in [-0.4, -0.2) is 39.7 Å². The number of aromatic nitrogens is 4. The van der Waals surface area contributed by atoms with Gasteiger partial charge in [0.1, 0.15) is 6.33 Å². The van der Waals surface area contributed by atoms with E-state index in [0.717, 1.165) is 6.07 Å². The van der Waals surface area contributed by atoms with Crippen molar-refractivity contribution >= 4 is 21.7 Å². The molecule has 0 atom stereocenters. The van der Waals surface area contributed by atoms with Gasteiger partial charge in [0.05, 0.1) is 21.8 Å². The fraction of sp³-hybridized carbons (Fsp3) is 0.125. The number of carboxylic acids is 1. The van der Waals surface area contributed by atoms with Crippen molar-refractivity contribution in [2.24, 2.45) is 0 Å². The zero-order valence-electron chi connectivity index (χ0n) is 13.9. The molecule has 0 saturated heterocycles. The molecule has 26 heavy (non-hydrogen) atoms. The van der Waals surface area contributed by atoms with Crippen LogP contribution >= 0.6 is 0 Å². The summed E-state index contributed by atoms with van der Waals surface area (Å²) in [5, 5.41) is 20.0. The predicted molar refractivity (Wildman–Crippen MR) is 92.8 cm³/mol. The summed E-state index contributed by atoms with van der Waals surface area (Å²) in [5.74, 6) is -1.20. The summed E-state index contributed by atoms with van der Waals surface area (Å²) in [7, 11) is -3.98. The lowest BCUT2D eigenvalue weighted by Crippen LogP contribution is -2.16. The molecule has 1 aromatic heterocycles. The third kappa shape index (κ3) is 3.26. The van der Waals surface area contributed by atoms with E-state index in [-0.39, 0.29) is 10.5 Å². The van der Waals surface area contributed by atoms with Gasteiger partial charge in [0.25, 0.3) is 10.0 Å². The van der Waals surface area contributed by atoms with Crippen molar-refractivity contribution in [1.82, 2.24) is 20.2 Å². The number of benzene rings is 2. The second-order valence-electron chi connectivity index (χ2n) is 5.60. The lowest BCUT2D eigenvalue weighted by Gasteiger charge is -2.14. The molecule has 0 fully saturated rings. The highest BCUT2D eigenvalue weighted by atomic mass is 32.2. The largest absolute Gasteiger partial charge is 0.478 e. The van der Waals surface area contributed by atoms with Crippen molar-refractivity contribution in [2.75, 3.05) is 4.72 Å². The van der Waals surface area contributed by atoms with Crippen LogP contribution in [0.15, 0.2) is 47.6 Å². The first-order valence-corrected chi connectivity index (χ1v) is 8.97. The summed E-state index contributed by atoms with van der Waals surface area (Å²) in [6, 6.07) is 8.99. The van der Waals surface area contributed by atoms with E-state index in [1.54, 1.807) is 32.0 Å². The SMILES string of the molecule is Cc1ccc(C(=O)O)cc1S(=O)(=O)Nc1cccc(-n2cnnn2)c1C. The van der Waals surface area contributed by atoms with Gasteiger partial charge in [-0.25, -0.2) is 17.9 Å². The van der Waals surface area contributed by atoms with Gasteiger partial charge in [-0.05, 0) is 59.7 Å². The third-order valence-electron chi connectivity index (χ3n) is 3.87. The highest BCUT2D eigenvalue weighted by Crippen LogP contribution is 2.26. The highest BCUT2D eigenvalue weighted by molar-refractivity contribution is 7.92. The van der Waals surface area contributed by atoms with E-state index < -0.39 is 16.0 Å². The molecule has 1 heterocycles. The number of carboxylic acid groups (broad SMARTS) is 1. The Labute approximate surface area is 149 Å². The van der Waals surface area contributed by atoms with E-state index in [1.807, 2.05) is 0 Å². The number of sulfonamides is 1. The molecule has 3 rings (SSSR count). The molecule has 0 amide bonds. The zero-order valence-corrected chi connectivity index (χ0v) is 14.7. The summed E-state index contributed by atoms with van der Waals surface area (Å²) in [5.41, 5.74) is 1.92. The van der Waals surface area contributed by atoms with Gasteiger partial charge in [-0.1, -0.05) is 12.1 Å². The Hall–Kier alpha value is -3.27. The van der Waals surface area contributed by atoms with Crippen LogP contribution < -0.4 is 4.72 Å². The number of tetrazole rings is 1. The molecule has 2 aromatic carbocycles. The summed E-state index contributed by atoms with van der Waals surface area (Å²) >= 11 is 0. The molecule has 2 N–H and O–H groups in total. The van der Waals surface area contributed by atoms with Gasteiger partial charge in [0.15, 0.2) is 0 Å². The minimum absolute atomic E-state index is 0.0929. The Morgan fingerprint density at radius 2 is 1.96 bits per heavy atom. The Kier molecular flexibility index (Phi) is 4.43. The van der Waals surface area contributed by atoms with Gasteiger partial charge in [-0.3, -0.25) is 4.72 Å². The van der Waals surface area contributed by atoms with E-state index in [0.29, 0.717) is 22.5 Å². The minimum Gasteiger partial charge on any atom is -0.478 e. The van der Waals surface area contributed by atoms with Gasteiger partial charge in [0, 0.05) is 0 Å². The van der Waals surface area contributed by atoms with Crippen molar-refractivity contribution in [3.05, 3.63) is 59.4 Å². The number of aromatic carboxylic acids is 1. The summed E-state index contributed by atoms with van der Waals surface area (Å²) < 4.78 is 29.5. The molecule has 0 radical (unpaired) electrons. The number of hydrogen-bond acceptors (Lipinski definition) is 6. The average Bonchev–Trinajstić information content (AvgIpc) is 3.11. The lowest BCUT2D eigenvalue weighted by molar-refractivity contribution is 0.0696. The Morgan fingerprint density at radius 3 is 2.62 bits per heavy atom. The van der Waals surface area contributed by atoms with Crippen molar-refractivity contribution in [3.63, 3.8) is 0 Å². The third-order valence-corrected chi connectivity index (χ3v) is 5.38. The van der Waals surface area contributed by atoms with Gasteiger partial charge >= 0.3 is 5.97 Å². The maximum Gasteiger partial charge on any atom is 0.335 e. The van der Waals surface area contributed by atoms with Gasteiger partial charge in [0.2, 0.25) is 0 Å². The van der Waals surface area contributed by atoms with E-state index >= 15 is 0 Å². The molecular weight excluding hydrogens is 358 g/mol.